The summed E-state index contributed by atoms with van der Waals surface area (Å²) in [6.45, 7) is 0.588. The molecule has 14 heavy (non-hydrogen) atoms. The quantitative estimate of drug-likeness (QED) is 0.821. The van der Waals surface area contributed by atoms with E-state index in [-0.39, 0.29) is 11.2 Å². The van der Waals surface area contributed by atoms with E-state index in [4.69, 9.17) is 17.3 Å². The van der Waals surface area contributed by atoms with Gasteiger partial charge in [0.15, 0.2) is 0 Å². The molecule has 0 atom stereocenters. The summed E-state index contributed by atoms with van der Waals surface area (Å²) < 4.78 is 13.6. The second kappa shape index (κ2) is 3.52. The summed E-state index contributed by atoms with van der Waals surface area (Å²) >= 11 is 6.01. The first kappa shape index (κ1) is 9.94. The summed E-state index contributed by atoms with van der Waals surface area (Å²) in [6.07, 6.45) is 2.84. The third kappa shape index (κ3) is 1.53. The van der Waals surface area contributed by atoms with Gasteiger partial charge < -0.3 is 5.73 Å². The van der Waals surface area contributed by atoms with Crippen LogP contribution in [0.3, 0.4) is 0 Å². The first-order valence-electron chi connectivity index (χ1n) is 4.84. The van der Waals surface area contributed by atoms with E-state index in [0.29, 0.717) is 17.1 Å². The third-order valence-corrected chi connectivity index (χ3v) is 3.28. The van der Waals surface area contributed by atoms with E-state index in [9.17, 15) is 4.39 Å². The molecule has 1 aliphatic carbocycles. The van der Waals surface area contributed by atoms with Crippen molar-refractivity contribution in [1.82, 2.24) is 0 Å². The average Bonchev–Trinajstić information content (AvgIpc) is 2.86. The molecule has 1 fully saturated rings. The Morgan fingerprint density at radius 1 is 1.43 bits per heavy atom. The van der Waals surface area contributed by atoms with Crippen molar-refractivity contribution in [2.24, 2.45) is 5.73 Å². The molecule has 0 radical (unpaired) electrons. The van der Waals surface area contributed by atoms with E-state index in [0.717, 1.165) is 19.3 Å². The van der Waals surface area contributed by atoms with Crippen LogP contribution >= 0.6 is 11.6 Å². The van der Waals surface area contributed by atoms with Crippen molar-refractivity contribution in [1.29, 1.82) is 0 Å². The Bertz CT molecular complexity index is 327. The van der Waals surface area contributed by atoms with Crippen LogP contribution in [0.2, 0.25) is 5.02 Å². The molecule has 1 aliphatic rings. The number of benzene rings is 1. The normalized spacial score (nSPS) is 18.2. The van der Waals surface area contributed by atoms with Crippen molar-refractivity contribution < 1.29 is 4.39 Å². The molecular formula is C11H13ClFN. The number of halogens is 2. The van der Waals surface area contributed by atoms with Crippen LogP contribution in [0, 0.1) is 5.82 Å². The van der Waals surface area contributed by atoms with Gasteiger partial charge in [0, 0.05) is 16.0 Å². The average molecular weight is 214 g/mol. The van der Waals surface area contributed by atoms with Crippen molar-refractivity contribution in [3.8, 4) is 0 Å². The lowest BCUT2D eigenvalue weighted by atomic mass is 9.92. The summed E-state index contributed by atoms with van der Waals surface area (Å²) in [6, 6.07) is 4.86. The largest absolute Gasteiger partial charge is 0.330 e. The van der Waals surface area contributed by atoms with Gasteiger partial charge in [-0.15, -0.1) is 0 Å². The number of nitrogens with two attached hydrogens (primary N) is 1. The molecule has 76 valence electrons. The van der Waals surface area contributed by atoms with Crippen LogP contribution in [0.1, 0.15) is 24.8 Å². The highest BCUT2D eigenvalue weighted by Gasteiger charge is 2.46. The number of rotatable bonds is 3. The standard InChI is InChI=1S/C11H13ClFN/c12-8-2-1-3-9(13)10(8)11(4-5-11)6-7-14/h1-3H,4-7,14H2. The Morgan fingerprint density at radius 2 is 2.14 bits per heavy atom. The highest BCUT2D eigenvalue weighted by Crippen LogP contribution is 2.53. The first-order valence-corrected chi connectivity index (χ1v) is 5.22. The van der Waals surface area contributed by atoms with Crippen LogP contribution < -0.4 is 5.73 Å². The van der Waals surface area contributed by atoms with Crippen LogP contribution in [0.25, 0.3) is 0 Å². The summed E-state index contributed by atoms with van der Waals surface area (Å²) in [4.78, 5) is 0. The van der Waals surface area contributed by atoms with E-state index >= 15 is 0 Å². The van der Waals surface area contributed by atoms with Gasteiger partial charge in [-0.1, -0.05) is 17.7 Å². The molecule has 0 heterocycles. The Labute approximate surface area is 88.1 Å². The van der Waals surface area contributed by atoms with Gasteiger partial charge in [0.1, 0.15) is 5.82 Å². The first-order chi connectivity index (χ1) is 6.69. The van der Waals surface area contributed by atoms with Gasteiger partial charge in [-0.2, -0.15) is 0 Å². The maximum Gasteiger partial charge on any atom is 0.128 e. The van der Waals surface area contributed by atoms with Crippen LogP contribution in [0.5, 0.6) is 0 Å². The predicted molar refractivity (Wildman–Crippen MR) is 56.0 cm³/mol. The molecule has 1 aromatic carbocycles. The van der Waals surface area contributed by atoms with Crippen LogP contribution in [-0.2, 0) is 5.41 Å². The molecule has 0 bridgehead atoms. The maximum absolute atomic E-state index is 13.6. The zero-order valence-corrected chi connectivity index (χ0v) is 8.65. The number of hydrogen-bond acceptors (Lipinski definition) is 1. The van der Waals surface area contributed by atoms with E-state index < -0.39 is 0 Å². The maximum atomic E-state index is 13.6. The van der Waals surface area contributed by atoms with Gasteiger partial charge in [0.2, 0.25) is 0 Å². The van der Waals surface area contributed by atoms with Crippen molar-refractivity contribution in [2.75, 3.05) is 6.54 Å². The molecule has 0 unspecified atom stereocenters. The van der Waals surface area contributed by atoms with Gasteiger partial charge in [0.05, 0.1) is 0 Å². The van der Waals surface area contributed by atoms with E-state index in [2.05, 4.69) is 0 Å². The summed E-state index contributed by atoms with van der Waals surface area (Å²) in [5, 5.41) is 0.538. The minimum absolute atomic E-state index is 0.0584. The molecule has 0 amide bonds. The lowest BCUT2D eigenvalue weighted by molar-refractivity contribution is 0.550. The molecule has 2 N–H and O–H groups in total. The SMILES string of the molecule is NCCC1(c2c(F)cccc2Cl)CC1. The zero-order valence-electron chi connectivity index (χ0n) is 7.89. The molecule has 0 spiro atoms. The fourth-order valence-electron chi connectivity index (χ4n) is 2.06. The van der Waals surface area contributed by atoms with E-state index in [1.165, 1.54) is 6.07 Å². The Hall–Kier alpha value is -0.600. The highest BCUT2D eigenvalue weighted by molar-refractivity contribution is 6.31. The second-order valence-electron chi connectivity index (χ2n) is 3.92. The monoisotopic (exact) mass is 213 g/mol. The molecule has 2 rings (SSSR count). The molecular weight excluding hydrogens is 201 g/mol. The lowest BCUT2D eigenvalue weighted by Gasteiger charge is -2.16. The Kier molecular flexibility index (Phi) is 2.50. The molecule has 0 saturated heterocycles. The van der Waals surface area contributed by atoms with Gasteiger partial charge in [-0.05, 0) is 37.9 Å². The lowest BCUT2D eigenvalue weighted by Crippen LogP contribution is -2.15. The molecule has 3 heteroatoms. The third-order valence-electron chi connectivity index (χ3n) is 2.97. The molecule has 1 aromatic rings. The summed E-state index contributed by atoms with van der Waals surface area (Å²) in [7, 11) is 0. The van der Waals surface area contributed by atoms with Gasteiger partial charge in [0.25, 0.3) is 0 Å². The highest BCUT2D eigenvalue weighted by atomic mass is 35.5. The number of hydrogen-bond donors (Lipinski definition) is 1. The Balaban J connectivity index is 2.40. The zero-order chi connectivity index (χ0) is 10.2. The van der Waals surface area contributed by atoms with Crippen LogP contribution in [0.4, 0.5) is 4.39 Å². The Morgan fingerprint density at radius 3 is 2.64 bits per heavy atom. The fraction of sp³-hybridized carbons (Fsp3) is 0.455. The topological polar surface area (TPSA) is 26.0 Å². The van der Waals surface area contributed by atoms with Crippen molar-refractivity contribution in [3.05, 3.63) is 34.6 Å². The van der Waals surface area contributed by atoms with Gasteiger partial charge in [-0.25, -0.2) is 4.39 Å². The van der Waals surface area contributed by atoms with Crippen molar-refractivity contribution in [3.63, 3.8) is 0 Å². The minimum Gasteiger partial charge on any atom is -0.330 e. The van der Waals surface area contributed by atoms with Crippen LogP contribution in [0.15, 0.2) is 18.2 Å². The molecule has 0 aromatic heterocycles. The van der Waals surface area contributed by atoms with Gasteiger partial charge in [-0.3, -0.25) is 0 Å². The smallest absolute Gasteiger partial charge is 0.128 e. The fourth-order valence-corrected chi connectivity index (χ4v) is 2.42. The summed E-state index contributed by atoms with van der Waals surface area (Å²) in [5.41, 5.74) is 6.14. The minimum atomic E-state index is -0.191. The van der Waals surface area contributed by atoms with Crippen molar-refractivity contribution in [2.45, 2.75) is 24.7 Å². The molecule has 0 aliphatic heterocycles. The second-order valence-corrected chi connectivity index (χ2v) is 4.32. The van der Waals surface area contributed by atoms with E-state index in [1.54, 1.807) is 12.1 Å². The molecule has 1 saturated carbocycles. The molecule has 1 nitrogen and oxygen atoms in total. The summed E-state index contributed by atoms with van der Waals surface area (Å²) in [5.74, 6) is -0.191. The van der Waals surface area contributed by atoms with Crippen LogP contribution in [-0.4, -0.2) is 6.54 Å². The van der Waals surface area contributed by atoms with E-state index in [1.807, 2.05) is 0 Å². The van der Waals surface area contributed by atoms with Gasteiger partial charge >= 0.3 is 0 Å². The predicted octanol–water partition coefficient (Wildman–Crippen LogP) is 2.86. The van der Waals surface area contributed by atoms with Crippen molar-refractivity contribution >= 4 is 11.6 Å².